The number of methoxy groups -OCH3 is 1. The zero-order chi connectivity index (χ0) is 17.8. The van der Waals surface area contributed by atoms with Gasteiger partial charge >= 0.3 is 0 Å². The van der Waals surface area contributed by atoms with Gasteiger partial charge in [0, 0.05) is 16.3 Å². The summed E-state index contributed by atoms with van der Waals surface area (Å²) < 4.78 is 18.7. The van der Waals surface area contributed by atoms with Crippen molar-refractivity contribution in [2.24, 2.45) is 0 Å². The first-order valence-corrected chi connectivity index (χ1v) is 9.49. The van der Waals surface area contributed by atoms with Crippen molar-refractivity contribution in [2.45, 2.75) is 19.4 Å². The normalized spacial score (nSPS) is 12.0. The fourth-order valence-electron chi connectivity index (χ4n) is 2.40. The van der Waals surface area contributed by atoms with Gasteiger partial charge in [-0.3, -0.25) is 4.79 Å². The number of carbonyl (C=O) groups is 1. The van der Waals surface area contributed by atoms with Gasteiger partial charge in [-0.1, -0.05) is 6.07 Å². The van der Waals surface area contributed by atoms with Crippen LogP contribution >= 0.6 is 22.7 Å². The van der Waals surface area contributed by atoms with Crippen molar-refractivity contribution in [3.63, 3.8) is 0 Å². The Hall–Kier alpha value is -2.25. The molecule has 0 spiro atoms. The summed E-state index contributed by atoms with van der Waals surface area (Å²) in [7, 11) is 1.42. The van der Waals surface area contributed by atoms with E-state index in [1.807, 2.05) is 29.1 Å². The van der Waals surface area contributed by atoms with Crippen molar-refractivity contribution >= 4 is 28.6 Å². The van der Waals surface area contributed by atoms with Gasteiger partial charge in [0.1, 0.15) is 5.01 Å². The van der Waals surface area contributed by atoms with Crippen LogP contribution in [0.2, 0.25) is 0 Å². The smallest absolute Gasteiger partial charge is 0.226 e. The molecule has 1 atom stereocenters. The van der Waals surface area contributed by atoms with E-state index in [2.05, 4.69) is 10.3 Å². The van der Waals surface area contributed by atoms with E-state index in [9.17, 15) is 9.18 Å². The molecular weight excluding hydrogens is 359 g/mol. The first kappa shape index (κ1) is 17.6. The Bertz CT molecular complexity index is 862. The molecule has 3 aromatic rings. The number of nitrogens with zero attached hydrogens (tertiary/aromatic N) is 1. The molecule has 0 aliphatic heterocycles. The van der Waals surface area contributed by atoms with Crippen LogP contribution in [0.15, 0.2) is 40.4 Å². The van der Waals surface area contributed by atoms with Gasteiger partial charge in [-0.15, -0.1) is 11.3 Å². The molecule has 1 unspecified atom stereocenters. The van der Waals surface area contributed by atoms with Crippen LogP contribution in [0.5, 0.6) is 5.75 Å². The molecule has 0 bridgehead atoms. The number of hydrogen-bond donors (Lipinski definition) is 1. The van der Waals surface area contributed by atoms with Gasteiger partial charge in [0.25, 0.3) is 0 Å². The van der Waals surface area contributed by atoms with E-state index in [-0.39, 0.29) is 24.1 Å². The molecule has 3 rings (SSSR count). The van der Waals surface area contributed by atoms with E-state index >= 15 is 0 Å². The Balaban J connectivity index is 1.61. The van der Waals surface area contributed by atoms with Gasteiger partial charge < -0.3 is 10.1 Å². The highest BCUT2D eigenvalue weighted by Gasteiger charge is 2.14. The second-order valence-electron chi connectivity index (χ2n) is 5.52. The summed E-state index contributed by atoms with van der Waals surface area (Å²) in [4.78, 5) is 16.7. The molecule has 1 amide bonds. The van der Waals surface area contributed by atoms with Crippen LogP contribution in [-0.2, 0) is 11.2 Å². The molecule has 2 heterocycles. The number of hydrogen-bond acceptors (Lipinski definition) is 5. The number of aromatic nitrogens is 1. The number of ether oxygens (including phenoxy) is 1. The van der Waals surface area contributed by atoms with Crippen molar-refractivity contribution in [1.82, 2.24) is 10.3 Å². The molecule has 0 aliphatic rings. The molecule has 4 nitrogen and oxygen atoms in total. The minimum absolute atomic E-state index is 0.147. The minimum Gasteiger partial charge on any atom is -0.494 e. The van der Waals surface area contributed by atoms with Gasteiger partial charge in [-0.05, 0) is 36.1 Å². The zero-order valence-electron chi connectivity index (χ0n) is 13.8. The Morgan fingerprint density at radius 2 is 2.20 bits per heavy atom. The lowest BCUT2D eigenvalue weighted by Crippen LogP contribution is -2.28. The third-order valence-electron chi connectivity index (χ3n) is 3.71. The number of nitrogens with one attached hydrogen (secondary N) is 1. The maximum atomic E-state index is 13.8. The van der Waals surface area contributed by atoms with Crippen molar-refractivity contribution in [2.75, 3.05) is 7.11 Å². The number of carbonyl (C=O) groups excluding carboxylic acids is 1. The van der Waals surface area contributed by atoms with E-state index < -0.39 is 5.82 Å². The predicted octanol–water partition coefficient (Wildman–Crippen LogP) is 4.44. The van der Waals surface area contributed by atoms with Gasteiger partial charge in [0.05, 0.1) is 25.3 Å². The van der Waals surface area contributed by atoms with Crippen LogP contribution in [0.3, 0.4) is 0 Å². The fourth-order valence-corrected chi connectivity index (χ4v) is 3.93. The van der Waals surface area contributed by atoms with E-state index in [1.54, 1.807) is 23.5 Å². The minimum atomic E-state index is -0.444. The SMILES string of the molecule is COc1ccc(C(C)NC(=O)Cc2csc(-c3ccsc3)n2)cc1F. The van der Waals surface area contributed by atoms with Gasteiger partial charge in [0.2, 0.25) is 5.91 Å². The lowest BCUT2D eigenvalue weighted by Gasteiger charge is -2.15. The van der Waals surface area contributed by atoms with Crippen molar-refractivity contribution < 1.29 is 13.9 Å². The average molecular weight is 376 g/mol. The standard InChI is InChI=1S/C18H17FN2O2S2/c1-11(12-3-4-16(23-2)15(19)7-12)20-17(22)8-14-10-25-18(21-14)13-5-6-24-9-13/h3-7,9-11H,8H2,1-2H3,(H,20,22). The Kier molecular flexibility index (Phi) is 5.45. The molecule has 130 valence electrons. The van der Waals surface area contributed by atoms with E-state index in [1.165, 1.54) is 24.5 Å². The molecule has 0 radical (unpaired) electrons. The van der Waals surface area contributed by atoms with Crippen LogP contribution in [-0.4, -0.2) is 18.0 Å². The third kappa shape index (κ3) is 4.24. The molecular formula is C18H17FN2O2S2. The number of benzene rings is 1. The zero-order valence-corrected chi connectivity index (χ0v) is 15.4. The van der Waals surface area contributed by atoms with E-state index in [0.29, 0.717) is 5.56 Å². The van der Waals surface area contributed by atoms with Crippen molar-refractivity contribution in [3.8, 4) is 16.3 Å². The molecule has 0 fully saturated rings. The molecule has 25 heavy (non-hydrogen) atoms. The topological polar surface area (TPSA) is 51.2 Å². The molecule has 0 saturated carbocycles. The summed E-state index contributed by atoms with van der Waals surface area (Å²) in [5.74, 6) is -0.405. The van der Waals surface area contributed by atoms with Gasteiger partial charge in [0.15, 0.2) is 11.6 Å². The molecule has 0 saturated heterocycles. The largest absolute Gasteiger partial charge is 0.494 e. The Labute approximate surface area is 153 Å². The summed E-state index contributed by atoms with van der Waals surface area (Å²) in [6, 6.07) is 6.38. The number of rotatable bonds is 6. The van der Waals surface area contributed by atoms with Crippen molar-refractivity contribution in [1.29, 1.82) is 0 Å². The number of halogens is 1. The number of amides is 1. The maximum absolute atomic E-state index is 13.8. The summed E-state index contributed by atoms with van der Waals surface area (Å²) in [5.41, 5.74) is 2.49. The second kappa shape index (κ2) is 7.76. The lowest BCUT2D eigenvalue weighted by atomic mass is 10.1. The highest BCUT2D eigenvalue weighted by Crippen LogP contribution is 2.26. The molecule has 7 heteroatoms. The first-order chi connectivity index (χ1) is 12.1. The van der Waals surface area contributed by atoms with Gasteiger partial charge in [-0.25, -0.2) is 9.37 Å². The van der Waals surface area contributed by atoms with Crippen LogP contribution in [0, 0.1) is 5.82 Å². The van der Waals surface area contributed by atoms with Crippen LogP contribution in [0.4, 0.5) is 4.39 Å². The summed E-state index contributed by atoms with van der Waals surface area (Å²) in [6.07, 6.45) is 0.198. The summed E-state index contributed by atoms with van der Waals surface area (Å²) in [5, 5.41) is 9.71. The van der Waals surface area contributed by atoms with Gasteiger partial charge in [-0.2, -0.15) is 11.3 Å². The maximum Gasteiger partial charge on any atom is 0.226 e. The molecule has 1 aromatic carbocycles. The highest BCUT2D eigenvalue weighted by molar-refractivity contribution is 7.14. The Morgan fingerprint density at radius 1 is 1.36 bits per heavy atom. The average Bonchev–Trinajstić information content (AvgIpc) is 3.25. The third-order valence-corrected chi connectivity index (χ3v) is 5.34. The van der Waals surface area contributed by atoms with E-state index in [4.69, 9.17) is 4.74 Å². The molecule has 2 aromatic heterocycles. The second-order valence-corrected chi connectivity index (χ2v) is 7.15. The monoisotopic (exact) mass is 376 g/mol. The first-order valence-electron chi connectivity index (χ1n) is 7.66. The predicted molar refractivity (Wildman–Crippen MR) is 98.6 cm³/mol. The quantitative estimate of drug-likeness (QED) is 0.692. The van der Waals surface area contributed by atoms with Crippen LogP contribution < -0.4 is 10.1 Å². The fraction of sp³-hybridized carbons (Fsp3) is 0.222. The molecule has 0 aliphatic carbocycles. The lowest BCUT2D eigenvalue weighted by molar-refractivity contribution is -0.121. The summed E-state index contributed by atoms with van der Waals surface area (Å²) >= 11 is 3.14. The number of thiophene rings is 1. The van der Waals surface area contributed by atoms with Crippen LogP contribution in [0.25, 0.3) is 10.6 Å². The van der Waals surface area contributed by atoms with Crippen LogP contribution in [0.1, 0.15) is 24.2 Å². The van der Waals surface area contributed by atoms with Crippen molar-refractivity contribution in [3.05, 3.63) is 57.5 Å². The Morgan fingerprint density at radius 3 is 2.88 bits per heavy atom. The summed E-state index contributed by atoms with van der Waals surface area (Å²) in [6.45, 7) is 1.82. The molecule has 1 N–H and O–H groups in total. The van der Waals surface area contributed by atoms with E-state index in [0.717, 1.165) is 16.3 Å². The number of thiazole rings is 1. The highest BCUT2D eigenvalue weighted by atomic mass is 32.1.